The summed E-state index contributed by atoms with van der Waals surface area (Å²) in [5.41, 5.74) is 8.24. The molecule has 166 valence electrons. The van der Waals surface area contributed by atoms with Crippen LogP contribution in [0.5, 0.6) is 0 Å². The van der Waals surface area contributed by atoms with E-state index in [1.165, 1.54) is 28.2 Å². The summed E-state index contributed by atoms with van der Waals surface area (Å²) in [4.78, 5) is 11.3. The van der Waals surface area contributed by atoms with Crippen LogP contribution in [0.3, 0.4) is 0 Å². The standard InChI is InChI=1S/C27H27N5S/c1-18-9-4-5-12-24(18)32-19(2)15-22(20(32)3)26-25(23-11-6-7-14-29-23)30-27(33)31(26)17-21-10-8-13-28-16-21/h4-16,25-26H,17H2,1-3H3,(H,30,33)/t25-,26-/m0/s1. The first-order chi connectivity index (χ1) is 16.0. The highest BCUT2D eigenvalue weighted by Crippen LogP contribution is 2.42. The highest BCUT2D eigenvalue weighted by atomic mass is 32.1. The zero-order valence-corrected chi connectivity index (χ0v) is 19.9. The minimum Gasteiger partial charge on any atom is -0.352 e. The van der Waals surface area contributed by atoms with Gasteiger partial charge in [-0.05, 0) is 80.0 Å². The Kier molecular flexibility index (Phi) is 5.68. The van der Waals surface area contributed by atoms with E-state index in [4.69, 9.17) is 12.2 Å². The number of aromatic nitrogens is 3. The molecule has 0 spiro atoms. The fraction of sp³-hybridized carbons (Fsp3) is 0.222. The molecule has 0 bridgehead atoms. The van der Waals surface area contributed by atoms with Crippen LogP contribution >= 0.6 is 12.2 Å². The van der Waals surface area contributed by atoms with Crippen LogP contribution in [0.15, 0.2) is 79.3 Å². The van der Waals surface area contributed by atoms with Gasteiger partial charge in [-0.15, -0.1) is 0 Å². The van der Waals surface area contributed by atoms with Gasteiger partial charge >= 0.3 is 0 Å². The van der Waals surface area contributed by atoms with Gasteiger partial charge in [0.2, 0.25) is 0 Å². The van der Waals surface area contributed by atoms with E-state index in [0.29, 0.717) is 6.54 Å². The molecule has 0 amide bonds. The van der Waals surface area contributed by atoms with Crippen molar-refractivity contribution in [2.24, 2.45) is 0 Å². The zero-order valence-electron chi connectivity index (χ0n) is 19.1. The third kappa shape index (κ3) is 3.91. The molecule has 1 saturated heterocycles. The summed E-state index contributed by atoms with van der Waals surface area (Å²) < 4.78 is 2.35. The van der Waals surface area contributed by atoms with Crippen LogP contribution in [0, 0.1) is 20.8 Å². The monoisotopic (exact) mass is 453 g/mol. The average molecular weight is 454 g/mol. The van der Waals surface area contributed by atoms with Gasteiger partial charge in [-0.3, -0.25) is 9.97 Å². The second-order valence-corrected chi connectivity index (χ2v) is 8.95. The molecule has 0 radical (unpaired) electrons. The lowest BCUT2D eigenvalue weighted by molar-refractivity contribution is 0.310. The zero-order chi connectivity index (χ0) is 22.9. The molecule has 0 saturated carbocycles. The summed E-state index contributed by atoms with van der Waals surface area (Å²) >= 11 is 5.85. The molecular weight excluding hydrogens is 426 g/mol. The van der Waals surface area contributed by atoms with E-state index in [0.717, 1.165) is 16.4 Å². The Balaban J connectivity index is 1.63. The van der Waals surface area contributed by atoms with Crippen LogP contribution in [0.2, 0.25) is 0 Å². The van der Waals surface area contributed by atoms with Gasteiger partial charge in [-0.25, -0.2) is 0 Å². The summed E-state index contributed by atoms with van der Waals surface area (Å²) in [6, 6.07) is 20.9. The van der Waals surface area contributed by atoms with Crippen molar-refractivity contribution in [1.29, 1.82) is 0 Å². The van der Waals surface area contributed by atoms with Gasteiger partial charge in [0, 0.05) is 42.2 Å². The van der Waals surface area contributed by atoms with Crippen LogP contribution in [0.1, 0.15) is 45.9 Å². The lowest BCUT2D eigenvalue weighted by atomic mass is 9.96. The lowest BCUT2D eigenvalue weighted by Gasteiger charge is -2.28. The summed E-state index contributed by atoms with van der Waals surface area (Å²) in [6.07, 6.45) is 5.55. The minimum atomic E-state index is -0.0406. The Morgan fingerprint density at radius 2 is 1.79 bits per heavy atom. The molecule has 0 aliphatic carbocycles. The normalized spacial score (nSPS) is 17.9. The molecule has 1 aliphatic rings. The van der Waals surface area contributed by atoms with Gasteiger partial charge in [-0.1, -0.05) is 30.3 Å². The molecule has 33 heavy (non-hydrogen) atoms. The van der Waals surface area contributed by atoms with Gasteiger partial charge in [0.05, 0.1) is 17.8 Å². The molecule has 1 aromatic carbocycles. The van der Waals surface area contributed by atoms with Crippen molar-refractivity contribution < 1.29 is 0 Å². The molecule has 1 N–H and O–H groups in total. The van der Waals surface area contributed by atoms with E-state index >= 15 is 0 Å². The van der Waals surface area contributed by atoms with Crippen LogP contribution < -0.4 is 5.32 Å². The van der Waals surface area contributed by atoms with Crippen molar-refractivity contribution in [1.82, 2.24) is 24.8 Å². The summed E-state index contributed by atoms with van der Waals surface area (Å²) in [6.45, 7) is 7.21. The number of nitrogens with zero attached hydrogens (tertiary/aromatic N) is 4. The summed E-state index contributed by atoms with van der Waals surface area (Å²) in [7, 11) is 0. The maximum atomic E-state index is 5.85. The molecule has 5 rings (SSSR count). The van der Waals surface area contributed by atoms with E-state index in [1.54, 1.807) is 6.20 Å². The van der Waals surface area contributed by atoms with Crippen molar-refractivity contribution in [3.8, 4) is 5.69 Å². The maximum Gasteiger partial charge on any atom is 0.170 e. The maximum absolute atomic E-state index is 5.85. The van der Waals surface area contributed by atoms with Gasteiger partial charge < -0.3 is 14.8 Å². The van der Waals surface area contributed by atoms with Crippen molar-refractivity contribution in [2.45, 2.75) is 39.4 Å². The second-order valence-electron chi connectivity index (χ2n) is 8.56. The molecule has 1 aliphatic heterocycles. The Morgan fingerprint density at radius 3 is 2.52 bits per heavy atom. The number of benzene rings is 1. The fourth-order valence-corrected chi connectivity index (χ4v) is 5.18. The minimum absolute atomic E-state index is 0.0107. The first kappa shape index (κ1) is 21.3. The third-order valence-electron chi connectivity index (χ3n) is 6.42. The molecule has 4 aromatic rings. The van der Waals surface area contributed by atoms with E-state index in [9.17, 15) is 0 Å². The van der Waals surface area contributed by atoms with Crippen LogP contribution in [0.4, 0.5) is 0 Å². The Hall–Kier alpha value is -3.51. The van der Waals surface area contributed by atoms with Crippen molar-refractivity contribution >= 4 is 17.3 Å². The predicted octanol–water partition coefficient (Wildman–Crippen LogP) is 5.37. The number of nitrogens with one attached hydrogen (secondary N) is 1. The Morgan fingerprint density at radius 1 is 0.970 bits per heavy atom. The molecule has 5 nitrogen and oxygen atoms in total. The first-order valence-corrected chi connectivity index (χ1v) is 11.6. The SMILES string of the molecule is Cc1ccccc1-n1c(C)cc([C@H]2[C@H](c3ccccn3)NC(=S)N2Cc2cccnc2)c1C. The summed E-state index contributed by atoms with van der Waals surface area (Å²) in [5, 5.41) is 4.30. The smallest absolute Gasteiger partial charge is 0.170 e. The van der Waals surface area contributed by atoms with Crippen LogP contribution in [-0.2, 0) is 6.54 Å². The number of para-hydroxylation sites is 1. The molecular formula is C27H27N5S. The van der Waals surface area contributed by atoms with Gasteiger partial charge in [0.1, 0.15) is 0 Å². The third-order valence-corrected chi connectivity index (χ3v) is 6.77. The second kappa shape index (κ2) is 8.79. The van der Waals surface area contributed by atoms with Crippen LogP contribution in [0.25, 0.3) is 5.69 Å². The number of thiocarbonyl (C=S) groups is 1. The molecule has 1 fully saturated rings. The van der Waals surface area contributed by atoms with Crippen molar-refractivity contribution in [3.63, 3.8) is 0 Å². The quantitative estimate of drug-likeness (QED) is 0.412. The lowest BCUT2D eigenvalue weighted by Crippen LogP contribution is -2.29. The number of hydrogen-bond donors (Lipinski definition) is 1. The molecule has 3 aromatic heterocycles. The Bertz CT molecular complexity index is 1280. The molecule has 4 heterocycles. The number of rotatable bonds is 5. The highest BCUT2D eigenvalue weighted by Gasteiger charge is 2.41. The average Bonchev–Trinajstić information content (AvgIpc) is 3.30. The van der Waals surface area contributed by atoms with Crippen LogP contribution in [-0.4, -0.2) is 24.5 Å². The van der Waals surface area contributed by atoms with E-state index in [1.807, 2.05) is 30.6 Å². The topological polar surface area (TPSA) is 46.0 Å². The molecule has 2 atom stereocenters. The van der Waals surface area contributed by atoms with E-state index in [2.05, 4.69) is 88.0 Å². The number of pyridine rings is 2. The molecule has 0 unspecified atom stereocenters. The number of hydrogen-bond acceptors (Lipinski definition) is 3. The first-order valence-electron chi connectivity index (χ1n) is 11.2. The van der Waals surface area contributed by atoms with Crippen molar-refractivity contribution in [3.05, 3.63) is 113 Å². The van der Waals surface area contributed by atoms with Gasteiger partial charge in [0.25, 0.3) is 0 Å². The summed E-state index contributed by atoms with van der Waals surface area (Å²) in [5.74, 6) is 0. The van der Waals surface area contributed by atoms with Crippen molar-refractivity contribution in [2.75, 3.05) is 0 Å². The fourth-order valence-electron chi connectivity index (χ4n) is 4.87. The van der Waals surface area contributed by atoms with E-state index in [-0.39, 0.29) is 12.1 Å². The largest absolute Gasteiger partial charge is 0.352 e. The van der Waals surface area contributed by atoms with Gasteiger partial charge in [0.15, 0.2) is 5.11 Å². The van der Waals surface area contributed by atoms with E-state index < -0.39 is 0 Å². The Labute approximate surface area is 200 Å². The number of aryl methyl sites for hydroxylation is 2. The molecule has 6 heteroatoms. The van der Waals surface area contributed by atoms with Gasteiger partial charge in [-0.2, -0.15) is 0 Å². The highest BCUT2D eigenvalue weighted by molar-refractivity contribution is 7.80. The predicted molar refractivity (Wildman–Crippen MR) is 135 cm³/mol.